The summed E-state index contributed by atoms with van der Waals surface area (Å²) in [5.74, 6) is -0.0785. The number of benzene rings is 3. The summed E-state index contributed by atoms with van der Waals surface area (Å²) in [4.78, 5) is 11.7. The molecule has 3 rings (SSSR count). The van der Waals surface area contributed by atoms with Crippen molar-refractivity contribution in [3.63, 3.8) is 0 Å². The van der Waals surface area contributed by atoms with E-state index in [9.17, 15) is 4.79 Å². The first-order chi connectivity index (χ1) is 14.3. The summed E-state index contributed by atoms with van der Waals surface area (Å²) in [5.41, 5.74) is 0. The van der Waals surface area contributed by atoms with Crippen LogP contribution in [-0.2, 0) is 9.53 Å². The first-order valence-electron chi connectivity index (χ1n) is 10.6. The van der Waals surface area contributed by atoms with Gasteiger partial charge in [0.25, 0.3) is 0 Å². The molecule has 29 heavy (non-hydrogen) atoms. The van der Waals surface area contributed by atoms with Gasteiger partial charge in [0.05, 0.1) is 0 Å². The predicted molar refractivity (Wildman–Crippen MR) is 127 cm³/mol. The van der Waals surface area contributed by atoms with Crippen LogP contribution in [0, 0.1) is 0 Å². The fraction of sp³-hybridized carbons (Fsp3) is 0.269. The quantitative estimate of drug-likeness (QED) is 0.274. The van der Waals surface area contributed by atoms with Crippen LogP contribution in [0.1, 0.15) is 32.6 Å². The predicted octanol–water partition coefficient (Wildman–Crippen LogP) is 4.84. The van der Waals surface area contributed by atoms with Crippen molar-refractivity contribution in [1.82, 2.24) is 0 Å². The third-order valence-electron chi connectivity index (χ3n) is 5.54. The molecule has 3 heteroatoms. The van der Waals surface area contributed by atoms with Crippen LogP contribution in [-0.4, -0.2) is 18.7 Å². The van der Waals surface area contributed by atoms with Gasteiger partial charge in [-0.15, -0.1) is 0 Å². The zero-order valence-electron chi connectivity index (χ0n) is 17.2. The SMILES string of the molecule is CCOC(=O)CCCCC[PH](c1ccccc1)(c1ccccc1)c1ccccc1. The van der Waals surface area contributed by atoms with E-state index in [1.54, 1.807) is 0 Å². The number of ether oxygens (including phenoxy) is 1. The van der Waals surface area contributed by atoms with Crippen molar-refractivity contribution >= 4 is 29.1 Å². The standard InChI is InChI=1S/C26H31O2P/c1-2-28-26(27)21-13-6-14-22-29(23-15-7-3-8-16-23,24-17-9-4-10-18-24)25-19-11-5-12-20-25/h3-5,7-12,15-20,29H,2,6,13-14,21-22H2,1H3. The Balaban J connectivity index is 1.90. The van der Waals surface area contributed by atoms with Gasteiger partial charge in [-0.2, -0.15) is 0 Å². The normalized spacial score (nSPS) is 11.8. The molecule has 0 heterocycles. The Bertz CT molecular complexity index is 766. The fourth-order valence-corrected chi connectivity index (χ4v) is 9.10. The molecule has 152 valence electrons. The Morgan fingerprint density at radius 1 is 0.690 bits per heavy atom. The van der Waals surface area contributed by atoms with Gasteiger partial charge in [0.15, 0.2) is 0 Å². The third kappa shape index (κ3) is 5.34. The molecular weight excluding hydrogens is 375 g/mol. The Kier molecular flexibility index (Phi) is 8.02. The molecule has 0 radical (unpaired) electrons. The molecule has 0 fully saturated rings. The minimum absolute atomic E-state index is 0.0785. The van der Waals surface area contributed by atoms with Gasteiger partial charge >= 0.3 is 175 Å². The van der Waals surface area contributed by atoms with Crippen LogP contribution in [0.25, 0.3) is 0 Å². The third-order valence-corrected chi connectivity index (χ3v) is 10.6. The minimum atomic E-state index is -2.13. The van der Waals surface area contributed by atoms with Crippen LogP contribution in [0.2, 0.25) is 0 Å². The second-order valence-electron chi connectivity index (χ2n) is 7.37. The van der Waals surface area contributed by atoms with Crippen molar-refractivity contribution in [1.29, 1.82) is 0 Å². The van der Waals surface area contributed by atoms with Crippen molar-refractivity contribution in [2.75, 3.05) is 12.8 Å². The van der Waals surface area contributed by atoms with Crippen molar-refractivity contribution in [2.45, 2.75) is 32.6 Å². The van der Waals surface area contributed by atoms with Crippen molar-refractivity contribution in [3.05, 3.63) is 91.0 Å². The van der Waals surface area contributed by atoms with Gasteiger partial charge in [0, 0.05) is 0 Å². The van der Waals surface area contributed by atoms with Crippen LogP contribution in [0.15, 0.2) is 91.0 Å². The summed E-state index contributed by atoms with van der Waals surface area (Å²) in [6.45, 7) is 2.32. The molecule has 0 N–H and O–H groups in total. The zero-order valence-corrected chi connectivity index (χ0v) is 18.2. The van der Waals surface area contributed by atoms with E-state index in [0.29, 0.717) is 13.0 Å². The number of esters is 1. The Morgan fingerprint density at radius 2 is 1.14 bits per heavy atom. The van der Waals surface area contributed by atoms with Gasteiger partial charge in [-0.25, -0.2) is 0 Å². The van der Waals surface area contributed by atoms with E-state index in [0.717, 1.165) is 25.4 Å². The number of unbranched alkanes of at least 4 members (excludes halogenated alkanes) is 2. The molecule has 3 aromatic carbocycles. The molecule has 0 saturated heterocycles. The summed E-state index contributed by atoms with van der Waals surface area (Å²) in [5, 5.41) is 4.34. The molecule has 0 aromatic heterocycles. The summed E-state index contributed by atoms with van der Waals surface area (Å²) < 4.78 is 5.07. The van der Waals surface area contributed by atoms with Gasteiger partial charge in [-0.3, -0.25) is 0 Å². The maximum absolute atomic E-state index is 11.7. The number of hydrogen-bond acceptors (Lipinski definition) is 2. The summed E-state index contributed by atoms with van der Waals surface area (Å²) in [7, 11) is -2.13. The van der Waals surface area contributed by atoms with E-state index in [2.05, 4.69) is 91.0 Å². The molecule has 0 bridgehead atoms. The first kappa shape index (κ1) is 21.3. The van der Waals surface area contributed by atoms with Crippen molar-refractivity contribution in [2.24, 2.45) is 0 Å². The van der Waals surface area contributed by atoms with Crippen LogP contribution in [0.5, 0.6) is 0 Å². The molecule has 0 aliphatic heterocycles. The molecule has 0 aliphatic rings. The van der Waals surface area contributed by atoms with Gasteiger partial charge in [0.2, 0.25) is 0 Å². The second kappa shape index (κ2) is 10.9. The van der Waals surface area contributed by atoms with Gasteiger partial charge < -0.3 is 0 Å². The molecule has 0 amide bonds. The molecule has 0 unspecified atom stereocenters. The van der Waals surface area contributed by atoms with Crippen molar-refractivity contribution in [3.8, 4) is 0 Å². The monoisotopic (exact) mass is 406 g/mol. The van der Waals surface area contributed by atoms with Crippen molar-refractivity contribution < 1.29 is 9.53 Å². The van der Waals surface area contributed by atoms with Crippen LogP contribution in [0.4, 0.5) is 0 Å². The summed E-state index contributed by atoms with van der Waals surface area (Å²) >= 11 is 0. The average molecular weight is 407 g/mol. The van der Waals surface area contributed by atoms with E-state index >= 15 is 0 Å². The molecule has 0 spiro atoms. The zero-order chi connectivity index (χ0) is 20.4. The number of carbonyl (C=O) groups is 1. The Morgan fingerprint density at radius 3 is 1.55 bits per heavy atom. The molecule has 0 atom stereocenters. The average Bonchev–Trinajstić information content (AvgIpc) is 2.78. The van der Waals surface area contributed by atoms with Gasteiger partial charge in [0.1, 0.15) is 0 Å². The number of rotatable bonds is 10. The Labute approximate surface area is 175 Å². The molecule has 0 aliphatic carbocycles. The van der Waals surface area contributed by atoms with E-state index < -0.39 is 7.26 Å². The molecular formula is C26H31O2P. The van der Waals surface area contributed by atoms with E-state index in [1.165, 1.54) is 15.9 Å². The van der Waals surface area contributed by atoms with E-state index in [1.807, 2.05) is 6.92 Å². The van der Waals surface area contributed by atoms with Crippen LogP contribution >= 0.6 is 7.26 Å². The molecule has 3 aromatic rings. The van der Waals surface area contributed by atoms with Gasteiger partial charge in [-0.05, 0) is 0 Å². The van der Waals surface area contributed by atoms with Gasteiger partial charge in [-0.1, -0.05) is 0 Å². The van der Waals surface area contributed by atoms with Crippen LogP contribution in [0.3, 0.4) is 0 Å². The van der Waals surface area contributed by atoms with E-state index in [-0.39, 0.29) is 5.97 Å². The first-order valence-corrected chi connectivity index (χ1v) is 12.8. The maximum atomic E-state index is 11.7. The summed E-state index contributed by atoms with van der Waals surface area (Å²) in [6.07, 6.45) is 4.68. The fourth-order valence-electron chi connectivity index (χ4n) is 4.17. The molecule has 2 nitrogen and oxygen atoms in total. The Hall–Kier alpha value is -2.44. The van der Waals surface area contributed by atoms with E-state index in [4.69, 9.17) is 4.74 Å². The number of hydrogen-bond donors (Lipinski definition) is 0. The second-order valence-corrected chi connectivity index (χ2v) is 11.4. The molecule has 0 saturated carbocycles. The topological polar surface area (TPSA) is 26.3 Å². The summed E-state index contributed by atoms with van der Waals surface area (Å²) in [6, 6.07) is 33.0. The van der Waals surface area contributed by atoms with Crippen LogP contribution < -0.4 is 15.9 Å². The number of carbonyl (C=O) groups excluding carboxylic acids is 1.